The Labute approximate surface area is 105 Å². The fraction of sp³-hybridized carbons (Fsp3) is 0.600. The average Bonchev–Trinajstić information content (AvgIpc) is 2.27. The molecule has 1 atom stereocenters. The minimum Gasteiger partial charge on any atom is -0.0843 e. The molecule has 0 aliphatic heterocycles. The highest BCUT2D eigenvalue weighted by molar-refractivity contribution is 6.30. The van der Waals surface area contributed by atoms with Gasteiger partial charge in [0.1, 0.15) is 0 Å². The zero-order valence-corrected chi connectivity index (χ0v) is 11.9. The van der Waals surface area contributed by atoms with Gasteiger partial charge in [-0.1, -0.05) is 52.3 Å². The van der Waals surface area contributed by atoms with E-state index in [1.807, 2.05) is 19.9 Å². The molecule has 1 unspecified atom stereocenters. The lowest BCUT2D eigenvalue weighted by Crippen LogP contribution is -2.25. The van der Waals surface area contributed by atoms with Crippen LogP contribution in [0.2, 0.25) is 5.02 Å². The van der Waals surface area contributed by atoms with Gasteiger partial charge in [0.05, 0.1) is 0 Å². The molecule has 0 fully saturated rings. The van der Waals surface area contributed by atoms with Crippen LogP contribution in [0.3, 0.4) is 0 Å². The van der Waals surface area contributed by atoms with Crippen LogP contribution in [0.25, 0.3) is 0 Å². The number of rotatable bonds is 0. The van der Waals surface area contributed by atoms with E-state index >= 15 is 0 Å². The van der Waals surface area contributed by atoms with Crippen LogP contribution in [0.5, 0.6) is 0 Å². The van der Waals surface area contributed by atoms with Gasteiger partial charge in [-0.25, -0.2) is 0 Å². The lowest BCUT2D eigenvalue weighted by atomic mass is 9.69. The lowest BCUT2D eigenvalue weighted by Gasteiger charge is -2.36. The standard InChI is InChI=1S/C13H17Cl.C2H6/c1-9-6-7-13(2,3)12-8-10(14)4-5-11(9)12;1-2/h4-5,8-9H,6-7H2,1-3H3;1-2H3. The summed E-state index contributed by atoms with van der Waals surface area (Å²) in [6, 6.07) is 6.36. The predicted molar refractivity (Wildman–Crippen MR) is 73.5 cm³/mol. The van der Waals surface area contributed by atoms with Gasteiger partial charge in [-0.3, -0.25) is 0 Å². The van der Waals surface area contributed by atoms with Crippen LogP contribution in [-0.4, -0.2) is 0 Å². The molecule has 1 aliphatic rings. The van der Waals surface area contributed by atoms with E-state index in [0.717, 1.165) is 5.02 Å². The van der Waals surface area contributed by atoms with Gasteiger partial charge in [-0.15, -0.1) is 0 Å². The predicted octanol–water partition coefficient (Wildman–Crippen LogP) is 5.54. The molecule has 1 aromatic rings. The number of hydrogen-bond donors (Lipinski definition) is 0. The van der Waals surface area contributed by atoms with E-state index in [1.54, 1.807) is 0 Å². The third-order valence-corrected chi connectivity index (χ3v) is 3.71. The fourth-order valence-electron chi connectivity index (χ4n) is 2.41. The first-order chi connectivity index (χ1) is 7.50. The monoisotopic (exact) mass is 238 g/mol. The molecule has 1 heteroatoms. The van der Waals surface area contributed by atoms with Crippen LogP contribution in [0, 0.1) is 0 Å². The molecule has 1 aliphatic carbocycles. The van der Waals surface area contributed by atoms with Crippen LogP contribution < -0.4 is 0 Å². The van der Waals surface area contributed by atoms with Crippen molar-refractivity contribution in [2.45, 2.75) is 58.8 Å². The average molecular weight is 239 g/mol. The van der Waals surface area contributed by atoms with E-state index in [-0.39, 0.29) is 0 Å². The van der Waals surface area contributed by atoms with Crippen molar-refractivity contribution >= 4 is 11.6 Å². The molecule has 0 N–H and O–H groups in total. The zero-order valence-electron chi connectivity index (χ0n) is 11.1. The molecule has 0 saturated heterocycles. The Kier molecular flexibility index (Phi) is 4.43. The molecule has 1 aromatic carbocycles. The molecule has 2 rings (SSSR count). The second-order valence-corrected chi connectivity index (χ2v) is 5.49. The summed E-state index contributed by atoms with van der Waals surface area (Å²) in [4.78, 5) is 0. The second kappa shape index (κ2) is 5.23. The van der Waals surface area contributed by atoms with Gasteiger partial charge in [-0.2, -0.15) is 0 Å². The molecule has 0 amide bonds. The summed E-state index contributed by atoms with van der Waals surface area (Å²) in [5, 5.41) is 0.867. The van der Waals surface area contributed by atoms with E-state index in [9.17, 15) is 0 Å². The molecule has 0 nitrogen and oxygen atoms in total. The summed E-state index contributed by atoms with van der Waals surface area (Å²) in [6.45, 7) is 10.9. The summed E-state index contributed by atoms with van der Waals surface area (Å²) in [5.41, 5.74) is 3.24. The Morgan fingerprint density at radius 1 is 1.25 bits per heavy atom. The van der Waals surface area contributed by atoms with Gasteiger partial charge in [0.15, 0.2) is 0 Å². The first-order valence-electron chi connectivity index (χ1n) is 6.30. The number of fused-ring (bicyclic) bond motifs is 1. The third kappa shape index (κ3) is 2.60. The molecule has 0 heterocycles. The van der Waals surface area contributed by atoms with Crippen molar-refractivity contribution in [3.8, 4) is 0 Å². The van der Waals surface area contributed by atoms with Crippen LogP contribution in [0.15, 0.2) is 18.2 Å². The molecule has 0 aromatic heterocycles. The van der Waals surface area contributed by atoms with Crippen molar-refractivity contribution in [2.75, 3.05) is 0 Å². The van der Waals surface area contributed by atoms with Crippen LogP contribution in [0.4, 0.5) is 0 Å². The Bertz CT molecular complexity index is 352. The highest BCUT2D eigenvalue weighted by Gasteiger charge is 2.30. The van der Waals surface area contributed by atoms with E-state index in [1.165, 1.54) is 24.0 Å². The van der Waals surface area contributed by atoms with Crippen molar-refractivity contribution in [3.05, 3.63) is 34.3 Å². The van der Waals surface area contributed by atoms with Crippen molar-refractivity contribution < 1.29 is 0 Å². The fourth-order valence-corrected chi connectivity index (χ4v) is 2.58. The van der Waals surface area contributed by atoms with Crippen molar-refractivity contribution in [3.63, 3.8) is 0 Å². The smallest absolute Gasteiger partial charge is 0.0409 e. The van der Waals surface area contributed by atoms with Crippen molar-refractivity contribution in [1.82, 2.24) is 0 Å². The SMILES string of the molecule is CC.CC1CCC(C)(C)c2cc(Cl)ccc21. The Morgan fingerprint density at radius 2 is 1.88 bits per heavy atom. The Balaban J connectivity index is 0.000000606. The molecule has 0 bridgehead atoms. The van der Waals surface area contributed by atoms with Gasteiger partial charge in [-0.05, 0) is 47.4 Å². The summed E-state index contributed by atoms with van der Waals surface area (Å²) in [7, 11) is 0. The lowest BCUT2D eigenvalue weighted by molar-refractivity contribution is 0.402. The zero-order chi connectivity index (χ0) is 12.3. The van der Waals surface area contributed by atoms with Gasteiger partial charge in [0.2, 0.25) is 0 Å². The van der Waals surface area contributed by atoms with Crippen LogP contribution in [-0.2, 0) is 5.41 Å². The van der Waals surface area contributed by atoms with E-state index < -0.39 is 0 Å². The highest BCUT2D eigenvalue weighted by Crippen LogP contribution is 2.43. The molecule has 0 spiro atoms. The summed E-state index contributed by atoms with van der Waals surface area (Å²) < 4.78 is 0. The molecule has 0 radical (unpaired) electrons. The van der Waals surface area contributed by atoms with E-state index in [0.29, 0.717) is 11.3 Å². The quantitative estimate of drug-likeness (QED) is 0.557. The van der Waals surface area contributed by atoms with Gasteiger partial charge in [0, 0.05) is 5.02 Å². The minimum absolute atomic E-state index is 0.298. The number of hydrogen-bond acceptors (Lipinski definition) is 0. The molecule has 16 heavy (non-hydrogen) atoms. The summed E-state index contributed by atoms with van der Waals surface area (Å²) in [6.07, 6.45) is 2.56. The summed E-state index contributed by atoms with van der Waals surface area (Å²) in [5.74, 6) is 0.690. The highest BCUT2D eigenvalue weighted by atomic mass is 35.5. The maximum Gasteiger partial charge on any atom is 0.0409 e. The largest absolute Gasteiger partial charge is 0.0843 e. The van der Waals surface area contributed by atoms with Crippen LogP contribution in [0.1, 0.15) is 64.5 Å². The maximum atomic E-state index is 6.05. The topological polar surface area (TPSA) is 0 Å². The molecule has 0 saturated carbocycles. The number of benzene rings is 1. The Hall–Kier alpha value is -0.490. The third-order valence-electron chi connectivity index (χ3n) is 3.48. The van der Waals surface area contributed by atoms with E-state index in [4.69, 9.17) is 11.6 Å². The maximum absolute atomic E-state index is 6.05. The molecule has 90 valence electrons. The molecular formula is C15H23Cl. The summed E-state index contributed by atoms with van der Waals surface area (Å²) >= 11 is 6.05. The first kappa shape index (κ1) is 13.6. The van der Waals surface area contributed by atoms with E-state index in [2.05, 4.69) is 32.9 Å². The van der Waals surface area contributed by atoms with Crippen molar-refractivity contribution in [2.24, 2.45) is 0 Å². The second-order valence-electron chi connectivity index (χ2n) is 5.06. The Morgan fingerprint density at radius 3 is 2.50 bits per heavy atom. The van der Waals surface area contributed by atoms with Crippen molar-refractivity contribution in [1.29, 1.82) is 0 Å². The van der Waals surface area contributed by atoms with Gasteiger partial charge < -0.3 is 0 Å². The number of halogens is 1. The van der Waals surface area contributed by atoms with Gasteiger partial charge in [0.25, 0.3) is 0 Å². The minimum atomic E-state index is 0.298. The normalized spacial score (nSPS) is 21.8. The first-order valence-corrected chi connectivity index (χ1v) is 6.68. The van der Waals surface area contributed by atoms with Crippen LogP contribution >= 0.6 is 11.6 Å². The van der Waals surface area contributed by atoms with Gasteiger partial charge >= 0.3 is 0 Å². The molecular weight excluding hydrogens is 216 g/mol.